The predicted molar refractivity (Wildman–Crippen MR) is 126 cm³/mol. The maximum Gasteiger partial charge on any atom is 0.522 e. The van der Waals surface area contributed by atoms with Crippen molar-refractivity contribution in [2.24, 2.45) is 11.3 Å². The first kappa shape index (κ1) is 27.1. The SMILES string of the molecule is CC(C)(C(=O)N1CC2(CC2)C[C@H]1C(=O)N[C@@H](C[C@@H]1CCNC1=O)C(=O)COC(F)(F)F)c1ccccc1. The molecule has 0 unspecified atom stereocenters. The lowest BCUT2D eigenvalue weighted by Crippen LogP contribution is -2.54. The summed E-state index contributed by atoms with van der Waals surface area (Å²) in [5.74, 6) is -2.76. The Morgan fingerprint density at radius 2 is 1.86 bits per heavy atom. The summed E-state index contributed by atoms with van der Waals surface area (Å²) in [7, 11) is 0. The predicted octanol–water partition coefficient (Wildman–Crippen LogP) is 2.46. The van der Waals surface area contributed by atoms with Crippen LogP contribution in [0.15, 0.2) is 30.3 Å². The monoisotopic (exact) mass is 523 g/mol. The van der Waals surface area contributed by atoms with Crippen LogP contribution >= 0.6 is 0 Å². The van der Waals surface area contributed by atoms with Crippen LogP contribution in [-0.2, 0) is 29.3 Å². The van der Waals surface area contributed by atoms with Gasteiger partial charge in [-0.15, -0.1) is 13.2 Å². The van der Waals surface area contributed by atoms with Gasteiger partial charge >= 0.3 is 6.36 Å². The number of halogens is 3. The van der Waals surface area contributed by atoms with E-state index >= 15 is 0 Å². The van der Waals surface area contributed by atoms with Gasteiger partial charge in [0.1, 0.15) is 12.6 Å². The molecule has 1 saturated carbocycles. The van der Waals surface area contributed by atoms with Crippen LogP contribution < -0.4 is 10.6 Å². The number of hydrogen-bond acceptors (Lipinski definition) is 5. The molecule has 11 heteroatoms. The number of benzene rings is 1. The van der Waals surface area contributed by atoms with Crippen molar-refractivity contribution >= 4 is 23.5 Å². The van der Waals surface area contributed by atoms with Gasteiger partial charge in [-0.25, -0.2) is 0 Å². The highest BCUT2D eigenvalue weighted by Gasteiger charge is 2.57. The van der Waals surface area contributed by atoms with Gasteiger partial charge in [0, 0.05) is 19.0 Å². The van der Waals surface area contributed by atoms with Crippen LogP contribution in [0.4, 0.5) is 13.2 Å². The van der Waals surface area contributed by atoms with E-state index in [2.05, 4.69) is 15.4 Å². The summed E-state index contributed by atoms with van der Waals surface area (Å²) in [6.45, 7) is 3.09. The number of carbonyl (C=O) groups is 4. The lowest BCUT2D eigenvalue weighted by atomic mass is 9.83. The van der Waals surface area contributed by atoms with Crippen LogP contribution in [0.25, 0.3) is 0 Å². The maximum absolute atomic E-state index is 13.7. The van der Waals surface area contributed by atoms with Gasteiger partial charge in [-0.3, -0.25) is 23.9 Å². The second-order valence-corrected chi connectivity index (χ2v) is 10.9. The number of carbonyl (C=O) groups excluding carboxylic acids is 4. The van der Waals surface area contributed by atoms with Gasteiger partial charge in [0.05, 0.1) is 11.5 Å². The summed E-state index contributed by atoms with van der Waals surface area (Å²) < 4.78 is 41.4. The smallest absolute Gasteiger partial charge is 0.356 e. The third-order valence-electron chi connectivity index (χ3n) is 7.83. The summed E-state index contributed by atoms with van der Waals surface area (Å²) in [6.07, 6.45) is -2.59. The van der Waals surface area contributed by atoms with Crippen LogP contribution in [0.5, 0.6) is 0 Å². The molecule has 3 atom stereocenters. The fraction of sp³-hybridized carbons (Fsp3) is 0.615. The maximum atomic E-state index is 13.7. The van der Waals surface area contributed by atoms with E-state index in [1.807, 2.05) is 30.3 Å². The first-order valence-electron chi connectivity index (χ1n) is 12.5. The molecule has 0 radical (unpaired) electrons. The van der Waals surface area contributed by atoms with Gasteiger partial charge < -0.3 is 15.5 Å². The Balaban J connectivity index is 1.52. The van der Waals surface area contributed by atoms with E-state index in [4.69, 9.17) is 0 Å². The Morgan fingerprint density at radius 1 is 1.19 bits per heavy atom. The zero-order chi connectivity index (χ0) is 27.0. The summed E-state index contributed by atoms with van der Waals surface area (Å²) in [4.78, 5) is 53.5. The number of amides is 3. The Kier molecular flexibility index (Phi) is 7.38. The highest BCUT2D eigenvalue weighted by Crippen LogP contribution is 2.55. The van der Waals surface area contributed by atoms with Crippen molar-refractivity contribution in [3.8, 4) is 0 Å². The normalized spacial score (nSPS) is 23.6. The molecule has 1 aliphatic carbocycles. The molecule has 3 fully saturated rings. The average Bonchev–Trinajstić information content (AvgIpc) is 3.31. The molecule has 1 spiro atoms. The van der Waals surface area contributed by atoms with E-state index in [-0.39, 0.29) is 23.7 Å². The number of hydrogen-bond donors (Lipinski definition) is 2. The molecule has 1 aromatic carbocycles. The van der Waals surface area contributed by atoms with Gasteiger partial charge in [-0.05, 0) is 56.9 Å². The van der Waals surface area contributed by atoms with Gasteiger partial charge in [0.25, 0.3) is 0 Å². The Bertz CT molecular complexity index is 1060. The van der Waals surface area contributed by atoms with Crippen molar-refractivity contribution < 1.29 is 37.1 Å². The first-order chi connectivity index (χ1) is 17.3. The summed E-state index contributed by atoms with van der Waals surface area (Å²) in [5.41, 5.74) is -0.285. The number of likely N-dealkylation sites (tertiary alicyclic amines) is 1. The number of rotatable bonds is 9. The molecule has 2 heterocycles. The molecule has 2 N–H and O–H groups in total. The minimum Gasteiger partial charge on any atom is -0.356 e. The summed E-state index contributed by atoms with van der Waals surface area (Å²) in [5, 5.41) is 5.20. The quantitative estimate of drug-likeness (QED) is 0.518. The lowest BCUT2D eigenvalue weighted by Gasteiger charge is -2.33. The van der Waals surface area contributed by atoms with E-state index < -0.39 is 48.1 Å². The zero-order valence-corrected chi connectivity index (χ0v) is 20.9. The van der Waals surface area contributed by atoms with Crippen LogP contribution in [0.1, 0.15) is 51.5 Å². The molecule has 3 amide bonds. The van der Waals surface area contributed by atoms with Gasteiger partial charge in [0.15, 0.2) is 5.78 Å². The van der Waals surface area contributed by atoms with E-state index in [0.29, 0.717) is 25.9 Å². The topological polar surface area (TPSA) is 105 Å². The molecule has 1 aromatic rings. The molecule has 2 aliphatic heterocycles. The van der Waals surface area contributed by atoms with Crippen molar-refractivity contribution in [2.45, 2.75) is 69.8 Å². The second kappa shape index (κ2) is 10.1. The number of ketones is 1. The van der Waals surface area contributed by atoms with E-state index in [1.165, 1.54) is 0 Å². The highest BCUT2D eigenvalue weighted by molar-refractivity contribution is 5.96. The van der Waals surface area contributed by atoms with Crippen LogP contribution in [0.3, 0.4) is 0 Å². The van der Waals surface area contributed by atoms with Crippen molar-refractivity contribution in [2.75, 3.05) is 19.7 Å². The number of nitrogens with zero attached hydrogens (tertiary/aromatic N) is 1. The average molecular weight is 524 g/mol. The molecule has 4 rings (SSSR count). The lowest BCUT2D eigenvalue weighted by molar-refractivity contribution is -0.321. The largest absolute Gasteiger partial charge is 0.522 e. The molecule has 37 heavy (non-hydrogen) atoms. The molecular weight excluding hydrogens is 491 g/mol. The number of alkyl halides is 3. The number of ether oxygens (including phenoxy) is 1. The fourth-order valence-corrected chi connectivity index (χ4v) is 5.33. The zero-order valence-electron chi connectivity index (χ0n) is 20.9. The third kappa shape index (κ3) is 6.14. The van der Waals surface area contributed by atoms with E-state index in [9.17, 15) is 32.3 Å². The van der Waals surface area contributed by atoms with Crippen LogP contribution in [0.2, 0.25) is 0 Å². The highest BCUT2D eigenvalue weighted by atomic mass is 19.4. The Labute approximate surface area is 213 Å². The van der Waals surface area contributed by atoms with Crippen molar-refractivity contribution in [3.05, 3.63) is 35.9 Å². The van der Waals surface area contributed by atoms with E-state index in [1.54, 1.807) is 18.7 Å². The molecular formula is C26H32F3N3O5. The third-order valence-corrected chi connectivity index (χ3v) is 7.83. The van der Waals surface area contributed by atoms with Crippen molar-refractivity contribution in [1.29, 1.82) is 0 Å². The number of Topliss-reactive ketones (excluding diaryl/α,β-unsaturated/α-hetero) is 1. The first-order valence-corrected chi connectivity index (χ1v) is 12.5. The molecule has 0 aromatic heterocycles. The van der Waals surface area contributed by atoms with Crippen molar-refractivity contribution in [3.63, 3.8) is 0 Å². The molecule has 202 valence electrons. The van der Waals surface area contributed by atoms with Crippen LogP contribution in [-0.4, -0.2) is 66.5 Å². The minimum atomic E-state index is -5.01. The van der Waals surface area contributed by atoms with E-state index in [0.717, 1.165) is 18.4 Å². The fourth-order valence-electron chi connectivity index (χ4n) is 5.33. The Hall–Kier alpha value is -2.95. The molecule has 0 bridgehead atoms. The van der Waals surface area contributed by atoms with Crippen LogP contribution in [0, 0.1) is 11.3 Å². The van der Waals surface area contributed by atoms with Gasteiger partial charge in [-0.2, -0.15) is 0 Å². The minimum absolute atomic E-state index is 0.140. The standard InChI is InChI=1S/C26H32F3N3O5/c1-24(2,17-6-4-3-5-7-17)23(36)32-15-25(9-10-25)13-19(32)22(35)31-18(12-16-8-11-30-21(16)34)20(33)14-37-26(27,28)29/h3-7,16,18-19H,8-15H2,1-2H3,(H,30,34)(H,31,35)/t16-,18-,19-/m0/s1. The Morgan fingerprint density at radius 3 is 2.43 bits per heavy atom. The molecule has 8 nitrogen and oxygen atoms in total. The van der Waals surface area contributed by atoms with Crippen molar-refractivity contribution in [1.82, 2.24) is 15.5 Å². The second-order valence-electron chi connectivity index (χ2n) is 10.9. The molecule has 3 aliphatic rings. The van der Waals surface area contributed by atoms with Gasteiger partial charge in [0.2, 0.25) is 17.7 Å². The molecule has 2 saturated heterocycles. The summed E-state index contributed by atoms with van der Waals surface area (Å²) >= 11 is 0. The number of nitrogens with one attached hydrogen (secondary N) is 2. The van der Waals surface area contributed by atoms with Gasteiger partial charge in [-0.1, -0.05) is 30.3 Å². The summed E-state index contributed by atoms with van der Waals surface area (Å²) in [6, 6.07) is 6.99.